The number of aliphatic hydroxyl groups is 1. The fraction of sp³-hybridized carbons (Fsp3) is 0.516. The number of nitrogens with one attached hydrogen (secondary N) is 1. The highest BCUT2D eigenvalue weighted by Gasteiger charge is 2.25. The lowest BCUT2D eigenvalue weighted by Crippen LogP contribution is -2.50. The summed E-state index contributed by atoms with van der Waals surface area (Å²) in [6, 6.07) is 15.9. The fourth-order valence-corrected chi connectivity index (χ4v) is 6.18. The minimum atomic E-state index is -0.533. The van der Waals surface area contributed by atoms with Gasteiger partial charge in [0.05, 0.1) is 12.6 Å². The number of nitrogens with zero attached hydrogens (tertiary/aromatic N) is 6. The third kappa shape index (κ3) is 6.22. The molecule has 6 rings (SSSR count). The lowest BCUT2D eigenvalue weighted by atomic mass is 10.0. The van der Waals surface area contributed by atoms with E-state index in [2.05, 4.69) is 31.0 Å². The van der Waals surface area contributed by atoms with Gasteiger partial charge in [0.1, 0.15) is 11.6 Å². The van der Waals surface area contributed by atoms with E-state index in [-0.39, 0.29) is 12.3 Å². The zero-order chi connectivity index (χ0) is 27.3. The minimum absolute atomic E-state index is 0.0454. The van der Waals surface area contributed by atoms with Crippen LogP contribution in [0.3, 0.4) is 0 Å². The number of ketones is 1. The van der Waals surface area contributed by atoms with Crippen LogP contribution >= 0.6 is 0 Å². The van der Waals surface area contributed by atoms with E-state index in [1.807, 2.05) is 42.5 Å². The molecule has 9 heteroatoms. The Hall–Kier alpha value is -3.27. The lowest BCUT2D eigenvalue weighted by Gasteiger charge is -2.36. The third-order valence-electron chi connectivity index (χ3n) is 8.43. The van der Waals surface area contributed by atoms with Crippen LogP contribution < -0.4 is 20.0 Å². The second-order valence-corrected chi connectivity index (χ2v) is 11.3. The molecule has 3 aliphatic heterocycles. The largest absolute Gasteiger partial charge is 0.390 e. The topological polar surface area (TPSA) is 88.1 Å². The summed E-state index contributed by atoms with van der Waals surface area (Å²) in [5.74, 6) is 3.00. The van der Waals surface area contributed by atoms with Crippen molar-refractivity contribution in [3.8, 4) is 0 Å². The van der Waals surface area contributed by atoms with Gasteiger partial charge in [-0.25, -0.2) is 0 Å². The summed E-state index contributed by atoms with van der Waals surface area (Å²) in [6.45, 7) is 8.89. The number of hydrogen-bond acceptors (Lipinski definition) is 9. The van der Waals surface area contributed by atoms with Crippen molar-refractivity contribution in [3.05, 3.63) is 54.1 Å². The molecule has 2 N–H and O–H groups in total. The smallest absolute Gasteiger partial charge is 0.229 e. The van der Waals surface area contributed by atoms with E-state index in [1.54, 1.807) is 0 Å². The number of Topliss-reactive ketones (excluding diaryl/α,β-unsaturated/α-hetero) is 1. The molecule has 212 valence electrons. The number of anilines is 3. The Morgan fingerprint density at radius 3 is 2.15 bits per heavy atom. The van der Waals surface area contributed by atoms with Gasteiger partial charge in [0.15, 0.2) is 5.78 Å². The predicted octanol–water partition coefficient (Wildman–Crippen LogP) is 2.79. The van der Waals surface area contributed by atoms with Crippen molar-refractivity contribution < 1.29 is 9.90 Å². The van der Waals surface area contributed by atoms with Crippen LogP contribution in [0.4, 0.5) is 17.6 Å². The number of carbonyl (C=O) groups excluding carboxylic acids is 1. The van der Waals surface area contributed by atoms with Crippen LogP contribution in [0.2, 0.25) is 0 Å². The maximum atomic E-state index is 12.8. The number of fused-ring (bicyclic) bond motifs is 1. The number of piperazine rings is 1. The summed E-state index contributed by atoms with van der Waals surface area (Å²) in [6.07, 6.45) is 4.34. The molecule has 3 saturated heterocycles. The van der Waals surface area contributed by atoms with Crippen LogP contribution in [-0.4, -0.2) is 104 Å². The maximum Gasteiger partial charge on any atom is 0.229 e. The molecule has 0 spiro atoms. The first kappa shape index (κ1) is 26.9. The number of β-amino-alcohol motifs (C(OH)–C–C–N with tert-alkyl or cyclic N) is 1. The van der Waals surface area contributed by atoms with Gasteiger partial charge < -0.3 is 25.1 Å². The summed E-state index contributed by atoms with van der Waals surface area (Å²) in [5.41, 5.74) is 0.724. The van der Waals surface area contributed by atoms with Crippen molar-refractivity contribution in [2.75, 3.05) is 86.7 Å². The van der Waals surface area contributed by atoms with Gasteiger partial charge in [-0.05, 0) is 36.5 Å². The van der Waals surface area contributed by atoms with Gasteiger partial charge in [-0.2, -0.15) is 9.97 Å². The molecule has 0 saturated carbocycles. The molecular formula is C31H41N7O2. The standard InChI is InChI=1S/C31H41N7O2/c39-25(21-32-22-28(40)27-11-7-9-24-8-1-2-10-26(24)27)23-35-16-18-37(19-17-35)30-20-29(36-12-3-4-13-36)33-31(34-30)38-14-5-6-15-38/h1-2,7-11,20,25,32,39H,3-6,12-19,21-23H2. The van der Waals surface area contributed by atoms with Gasteiger partial charge in [0.25, 0.3) is 0 Å². The molecule has 0 amide bonds. The maximum absolute atomic E-state index is 12.8. The average molecular weight is 544 g/mol. The Labute approximate surface area is 236 Å². The van der Waals surface area contributed by atoms with E-state index >= 15 is 0 Å². The normalized spacial score (nSPS) is 19.1. The van der Waals surface area contributed by atoms with Crippen molar-refractivity contribution >= 4 is 34.1 Å². The molecule has 40 heavy (non-hydrogen) atoms. The van der Waals surface area contributed by atoms with Gasteiger partial charge in [0, 0.05) is 77.1 Å². The summed E-state index contributed by atoms with van der Waals surface area (Å²) in [7, 11) is 0. The van der Waals surface area contributed by atoms with Crippen LogP contribution in [0.15, 0.2) is 48.5 Å². The Morgan fingerprint density at radius 2 is 1.43 bits per heavy atom. The first-order valence-electron chi connectivity index (χ1n) is 14.9. The van der Waals surface area contributed by atoms with Crippen LogP contribution in [-0.2, 0) is 0 Å². The molecule has 1 unspecified atom stereocenters. The summed E-state index contributed by atoms with van der Waals surface area (Å²) >= 11 is 0. The monoisotopic (exact) mass is 543 g/mol. The van der Waals surface area contributed by atoms with E-state index < -0.39 is 6.10 Å². The summed E-state index contributed by atoms with van der Waals surface area (Å²) in [4.78, 5) is 32.2. The van der Waals surface area contributed by atoms with Gasteiger partial charge in [-0.1, -0.05) is 42.5 Å². The Balaban J connectivity index is 0.998. The first-order valence-corrected chi connectivity index (χ1v) is 14.9. The molecular weight excluding hydrogens is 502 g/mol. The number of carbonyl (C=O) groups is 1. The van der Waals surface area contributed by atoms with Crippen LogP contribution in [0, 0.1) is 0 Å². The molecule has 4 heterocycles. The van der Waals surface area contributed by atoms with Crippen LogP contribution in [0.1, 0.15) is 36.0 Å². The number of rotatable bonds is 10. The van der Waals surface area contributed by atoms with Gasteiger partial charge >= 0.3 is 0 Å². The fourth-order valence-electron chi connectivity index (χ4n) is 6.18. The van der Waals surface area contributed by atoms with Crippen molar-refractivity contribution in [3.63, 3.8) is 0 Å². The number of benzene rings is 2. The summed E-state index contributed by atoms with van der Waals surface area (Å²) < 4.78 is 0. The molecule has 3 fully saturated rings. The van der Waals surface area contributed by atoms with Crippen molar-refractivity contribution in [2.45, 2.75) is 31.8 Å². The molecule has 9 nitrogen and oxygen atoms in total. The average Bonchev–Trinajstić information content (AvgIpc) is 3.73. The summed E-state index contributed by atoms with van der Waals surface area (Å²) in [5, 5.41) is 15.9. The van der Waals surface area contributed by atoms with E-state index in [9.17, 15) is 9.90 Å². The van der Waals surface area contributed by atoms with Crippen LogP contribution in [0.5, 0.6) is 0 Å². The zero-order valence-corrected chi connectivity index (χ0v) is 23.3. The molecule has 0 radical (unpaired) electrons. The Bertz CT molecular complexity index is 1260. The van der Waals surface area contributed by atoms with E-state index in [0.29, 0.717) is 13.1 Å². The molecule has 3 aromatic rings. The van der Waals surface area contributed by atoms with Crippen molar-refractivity contribution in [1.82, 2.24) is 20.2 Å². The quantitative estimate of drug-likeness (QED) is 0.375. The van der Waals surface area contributed by atoms with Crippen LogP contribution in [0.25, 0.3) is 10.8 Å². The molecule has 0 aliphatic carbocycles. The molecule has 3 aliphatic rings. The number of hydrogen-bond donors (Lipinski definition) is 2. The third-order valence-corrected chi connectivity index (χ3v) is 8.43. The second kappa shape index (κ2) is 12.5. The molecule has 1 atom stereocenters. The van der Waals surface area contributed by atoms with Crippen molar-refractivity contribution in [2.24, 2.45) is 0 Å². The Morgan fingerprint density at radius 1 is 0.800 bits per heavy atom. The minimum Gasteiger partial charge on any atom is -0.390 e. The Kier molecular flexibility index (Phi) is 8.41. The van der Waals surface area contributed by atoms with Crippen molar-refractivity contribution in [1.29, 1.82) is 0 Å². The second-order valence-electron chi connectivity index (χ2n) is 11.3. The molecule has 2 aromatic carbocycles. The van der Waals surface area contributed by atoms with Gasteiger partial charge in [-0.3, -0.25) is 9.69 Å². The van der Waals surface area contributed by atoms with E-state index in [1.165, 1.54) is 25.7 Å². The SMILES string of the molecule is O=C(CNCC(O)CN1CCN(c2cc(N3CCCC3)nc(N3CCCC3)n2)CC1)c1cccc2ccccc12. The van der Waals surface area contributed by atoms with E-state index in [4.69, 9.17) is 9.97 Å². The molecule has 0 bridgehead atoms. The van der Waals surface area contributed by atoms with Gasteiger partial charge in [0.2, 0.25) is 5.95 Å². The highest BCUT2D eigenvalue weighted by Crippen LogP contribution is 2.28. The number of aromatic nitrogens is 2. The number of aliphatic hydroxyl groups excluding tert-OH is 1. The van der Waals surface area contributed by atoms with Gasteiger partial charge in [-0.15, -0.1) is 0 Å². The first-order chi connectivity index (χ1) is 19.6. The highest BCUT2D eigenvalue weighted by molar-refractivity contribution is 6.09. The zero-order valence-electron chi connectivity index (χ0n) is 23.3. The van der Waals surface area contributed by atoms with E-state index in [0.717, 1.165) is 86.3 Å². The highest BCUT2D eigenvalue weighted by atomic mass is 16.3. The molecule has 1 aromatic heterocycles. The lowest BCUT2D eigenvalue weighted by molar-refractivity contribution is 0.0953. The predicted molar refractivity (Wildman–Crippen MR) is 161 cm³/mol.